The average molecular weight is 1140 g/mol. The number of hydrogen-bond acceptors (Lipinski definition) is 6. The van der Waals surface area contributed by atoms with Gasteiger partial charge in [-0.05, 0) is 128 Å². The molecule has 466 valence electrons. The van der Waals surface area contributed by atoms with Crippen LogP contribution in [0.4, 0.5) is 0 Å². The van der Waals surface area contributed by atoms with Crippen molar-refractivity contribution in [3.8, 4) is 0 Å². The topological polar surface area (TPSA) is 78.9 Å². The van der Waals surface area contributed by atoms with Crippen LogP contribution in [0.5, 0.6) is 0 Å². The summed E-state index contributed by atoms with van der Waals surface area (Å²) in [6.45, 7) is 6.32. The zero-order valence-electron chi connectivity index (χ0n) is 53.5. The lowest BCUT2D eigenvalue weighted by Gasteiger charge is -2.18. The molecule has 0 spiro atoms. The molecule has 0 saturated heterocycles. The van der Waals surface area contributed by atoms with E-state index in [1.807, 2.05) is 0 Å². The second-order valence-electron chi connectivity index (χ2n) is 22.3. The van der Waals surface area contributed by atoms with Gasteiger partial charge in [-0.25, -0.2) is 0 Å². The summed E-state index contributed by atoms with van der Waals surface area (Å²) in [6, 6.07) is 0. The molecular formula is C76H126O6. The largest absolute Gasteiger partial charge is 0.462 e. The zero-order chi connectivity index (χ0) is 59.2. The molecule has 1 unspecified atom stereocenters. The monoisotopic (exact) mass is 1130 g/mol. The van der Waals surface area contributed by atoms with E-state index in [9.17, 15) is 14.4 Å². The summed E-state index contributed by atoms with van der Waals surface area (Å²) in [5, 5.41) is 0. The molecule has 0 aromatic rings. The van der Waals surface area contributed by atoms with Gasteiger partial charge in [-0.1, -0.05) is 296 Å². The molecule has 0 aromatic carbocycles. The van der Waals surface area contributed by atoms with E-state index in [1.54, 1.807) is 0 Å². The molecule has 1 atom stereocenters. The number of allylic oxidation sites excluding steroid dienone is 22. The molecule has 0 aliphatic rings. The fraction of sp³-hybridized carbons (Fsp3) is 0.671. The molecule has 0 bridgehead atoms. The first-order chi connectivity index (χ1) is 40.5. The van der Waals surface area contributed by atoms with Gasteiger partial charge >= 0.3 is 17.9 Å². The van der Waals surface area contributed by atoms with Gasteiger partial charge in [0.25, 0.3) is 0 Å². The van der Waals surface area contributed by atoms with E-state index in [4.69, 9.17) is 14.2 Å². The molecule has 0 amide bonds. The lowest BCUT2D eigenvalue weighted by atomic mass is 10.0. The second-order valence-corrected chi connectivity index (χ2v) is 22.3. The van der Waals surface area contributed by atoms with Gasteiger partial charge in [0.1, 0.15) is 13.2 Å². The van der Waals surface area contributed by atoms with Crippen LogP contribution >= 0.6 is 0 Å². The van der Waals surface area contributed by atoms with E-state index in [2.05, 4.69) is 154 Å². The van der Waals surface area contributed by atoms with Crippen molar-refractivity contribution in [2.24, 2.45) is 0 Å². The molecule has 0 rings (SSSR count). The molecule has 0 aromatic heterocycles. The van der Waals surface area contributed by atoms with Crippen molar-refractivity contribution in [3.05, 3.63) is 134 Å². The van der Waals surface area contributed by atoms with Crippen LogP contribution in [-0.2, 0) is 28.6 Å². The Balaban J connectivity index is 4.19. The number of carbonyl (C=O) groups excluding carboxylic acids is 3. The predicted molar refractivity (Wildman–Crippen MR) is 357 cm³/mol. The Morgan fingerprint density at radius 2 is 0.476 bits per heavy atom. The third-order valence-electron chi connectivity index (χ3n) is 14.4. The first kappa shape index (κ1) is 77.5. The average Bonchev–Trinajstić information content (AvgIpc) is 3.47. The Kier molecular flexibility index (Phi) is 65.3. The molecule has 6 nitrogen and oxygen atoms in total. The fourth-order valence-electron chi connectivity index (χ4n) is 9.32. The van der Waals surface area contributed by atoms with Crippen molar-refractivity contribution in [2.45, 2.75) is 316 Å². The first-order valence-corrected chi connectivity index (χ1v) is 34.2. The van der Waals surface area contributed by atoms with E-state index in [-0.39, 0.29) is 37.5 Å². The summed E-state index contributed by atoms with van der Waals surface area (Å²) in [7, 11) is 0. The van der Waals surface area contributed by atoms with Gasteiger partial charge in [-0.2, -0.15) is 0 Å². The summed E-state index contributed by atoms with van der Waals surface area (Å²) in [4.78, 5) is 38.3. The third kappa shape index (κ3) is 66.4. The lowest BCUT2D eigenvalue weighted by Crippen LogP contribution is -2.30. The Morgan fingerprint density at radius 1 is 0.256 bits per heavy atom. The molecule has 0 saturated carbocycles. The van der Waals surface area contributed by atoms with Crippen LogP contribution < -0.4 is 0 Å². The quantitative estimate of drug-likeness (QED) is 0.0261. The SMILES string of the molecule is CC/C=C\C/C=C\C/C=C\C/C=C\C/C=C\C/C=C\CCCCC(=O)OC(COC(=O)CCCCCCC/C=C\CCC)COC(=O)CCCCCCCCCCCCCCCCCCCCCC/C=C\C/C=C\C/C=C\C/C=C\CC. The van der Waals surface area contributed by atoms with Crippen LogP contribution in [0.25, 0.3) is 0 Å². The Hall–Kier alpha value is -4.45. The van der Waals surface area contributed by atoms with Crippen molar-refractivity contribution in [3.63, 3.8) is 0 Å². The van der Waals surface area contributed by atoms with Crippen LogP contribution in [0.3, 0.4) is 0 Å². The smallest absolute Gasteiger partial charge is 0.306 e. The van der Waals surface area contributed by atoms with Crippen molar-refractivity contribution >= 4 is 17.9 Å². The highest BCUT2D eigenvalue weighted by Gasteiger charge is 2.19. The van der Waals surface area contributed by atoms with Crippen molar-refractivity contribution in [2.75, 3.05) is 13.2 Å². The summed E-state index contributed by atoms with van der Waals surface area (Å²) >= 11 is 0. The molecule has 0 N–H and O–H groups in total. The fourth-order valence-corrected chi connectivity index (χ4v) is 9.32. The van der Waals surface area contributed by atoms with Crippen LogP contribution in [0.15, 0.2) is 134 Å². The van der Waals surface area contributed by atoms with Gasteiger partial charge in [-0.3, -0.25) is 14.4 Å². The molecule has 0 radical (unpaired) electrons. The number of rotatable bonds is 61. The highest BCUT2D eigenvalue weighted by atomic mass is 16.6. The minimum atomic E-state index is -0.807. The van der Waals surface area contributed by atoms with Gasteiger partial charge < -0.3 is 14.2 Å². The van der Waals surface area contributed by atoms with Gasteiger partial charge in [0.2, 0.25) is 0 Å². The number of unbranched alkanes of at least 4 members (excludes halogenated alkanes) is 28. The minimum Gasteiger partial charge on any atom is -0.462 e. The summed E-state index contributed by atoms with van der Waals surface area (Å²) in [6.07, 6.45) is 97.8. The highest BCUT2D eigenvalue weighted by molar-refractivity contribution is 5.71. The Labute approximate surface area is 506 Å². The normalized spacial score (nSPS) is 13.0. The van der Waals surface area contributed by atoms with Gasteiger partial charge in [0.15, 0.2) is 6.10 Å². The van der Waals surface area contributed by atoms with E-state index in [0.29, 0.717) is 19.3 Å². The third-order valence-corrected chi connectivity index (χ3v) is 14.4. The van der Waals surface area contributed by atoms with Crippen LogP contribution in [0.2, 0.25) is 0 Å². The highest BCUT2D eigenvalue weighted by Crippen LogP contribution is 2.17. The summed E-state index contributed by atoms with van der Waals surface area (Å²) < 4.78 is 16.9. The zero-order valence-corrected chi connectivity index (χ0v) is 53.5. The minimum absolute atomic E-state index is 0.0988. The number of ether oxygens (including phenoxy) is 3. The predicted octanol–water partition coefficient (Wildman–Crippen LogP) is 23.7. The molecular weight excluding hydrogens is 1010 g/mol. The van der Waals surface area contributed by atoms with Crippen molar-refractivity contribution < 1.29 is 28.6 Å². The lowest BCUT2D eigenvalue weighted by molar-refractivity contribution is -0.167. The van der Waals surface area contributed by atoms with Gasteiger partial charge in [0, 0.05) is 19.3 Å². The van der Waals surface area contributed by atoms with Gasteiger partial charge in [0.05, 0.1) is 0 Å². The maximum atomic E-state index is 12.9. The van der Waals surface area contributed by atoms with E-state index < -0.39 is 6.10 Å². The van der Waals surface area contributed by atoms with Crippen LogP contribution in [0.1, 0.15) is 310 Å². The maximum absolute atomic E-state index is 12.9. The Bertz CT molecular complexity index is 1730. The number of carbonyl (C=O) groups is 3. The number of esters is 3. The van der Waals surface area contributed by atoms with Gasteiger partial charge in [-0.15, -0.1) is 0 Å². The molecule has 0 aliphatic carbocycles. The summed E-state index contributed by atoms with van der Waals surface area (Å²) in [5.41, 5.74) is 0. The van der Waals surface area contributed by atoms with E-state index in [0.717, 1.165) is 135 Å². The molecule has 0 fully saturated rings. The molecule has 0 heterocycles. The second kappa shape index (κ2) is 69.0. The number of hydrogen-bond donors (Lipinski definition) is 0. The van der Waals surface area contributed by atoms with E-state index in [1.165, 1.54) is 128 Å². The Morgan fingerprint density at radius 3 is 0.780 bits per heavy atom. The van der Waals surface area contributed by atoms with Crippen LogP contribution in [-0.4, -0.2) is 37.2 Å². The molecule has 6 heteroatoms. The maximum Gasteiger partial charge on any atom is 0.306 e. The first-order valence-electron chi connectivity index (χ1n) is 34.2. The summed E-state index contributed by atoms with van der Waals surface area (Å²) in [5.74, 6) is -0.948. The van der Waals surface area contributed by atoms with Crippen molar-refractivity contribution in [1.82, 2.24) is 0 Å². The molecule has 82 heavy (non-hydrogen) atoms. The van der Waals surface area contributed by atoms with E-state index >= 15 is 0 Å². The standard InChI is InChI=1S/C76H126O6/c1-4-7-10-13-16-19-22-24-26-28-30-32-33-34-35-36-37-38-39-40-41-42-43-45-46-48-50-52-54-57-60-63-66-69-75(78)81-72-73(71-80-74(77)68-65-62-59-56-21-18-15-12-9-6-3)82-76(79)70-67-64-61-58-55-53-51-49-47-44-31-29-27-25-23-20-17-14-11-8-5-2/h7-8,10-12,15-17,19-20,24-27,30-32,44,49,51,55,58,73H,4-6,9,13-14,18,21-23,28-29,33-43,45-48,50,52-54,56-57,59-72H2,1-3H3/b10-7-,11-8-,15-12-,19-16-,20-17-,26-24-,27-25-,32-30-,44-31-,51-49-,58-55-. The molecule has 0 aliphatic heterocycles. The van der Waals surface area contributed by atoms with Crippen molar-refractivity contribution in [1.29, 1.82) is 0 Å². The van der Waals surface area contributed by atoms with Crippen LogP contribution in [0, 0.1) is 0 Å².